The maximum absolute atomic E-state index is 12.6. The van der Waals surface area contributed by atoms with Gasteiger partial charge in [-0.05, 0) is 24.6 Å². The van der Waals surface area contributed by atoms with E-state index < -0.39 is 6.10 Å². The zero-order valence-corrected chi connectivity index (χ0v) is 13.1. The van der Waals surface area contributed by atoms with E-state index in [2.05, 4.69) is 10.1 Å². The van der Waals surface area contributed by atoms with E-state index in [1.165, 1.54) is 6.20 Å². The van der Waals surface area contributed by atoms with Gasteiger partial charge in [0.05, 0.1) is 29.6 Å². The molecule has 0 unspecified atom stereocenters. The molecular formula is C15H17ClN4O3. The third-order valence-corrected chi connectivity index (χ3v) is 4.00. The van der Waals surface area contributed by atoms with Crippen molar-refractivity contribution in [3.8, 4) is 0 Å². The minimum Gasteiger partial charge on any atom is -0.393 e. The van der Waals surface area contributed by atoms with Crippen LogP contribution in [0.1, 0.15) is 34.4 Å². The maximum Gasteiger partial charge on any atom is 0.272 e. The van der Waals surface area contributed by atoms with E-state index in [-0.39, 0.29) is 12.5 Å². The summed E-state index contributed by atoms with van der Waals surface area (Å²) in [5.74, 6) is -0.166. The number of nitrogens with zero attached hydrogens (tertiary/aromatic N) is 4. The van der Waals surface area contributed by atoms with Crippen molar-refractivity contribution in [1.29, 1.82) is 0 Å². The van der Waals surface area contributed by atoms with E-state index in [1.54, 1.807) is 27.8 Å². The van der Waals surface area contributed by atoms with Crippen molar-refractivity contribution in [2.45, 2.75) is 25.6 Å². The Bertz CT molecular complexity index is 701. The zero-order valence-electron chi connectivity index (χ0n) is 12.4. The first-order valence-corrected chi connectivity index (χ1v) is 7.72. The average Bonchev–Trinajstić information content (AvgIpc) is 2.86. The van der Waals surface area contributed by atoms with Crippen LogP contribution >= 0.6 is 11.6 Å². The van der Waals surface area contributed by atoms with E-state index in [1.807, 2.05) is 0 Å². The predicted octanol–water partition coefficient (Wildman–Crippen LogP) is 1.00. The molecular weight excluding hydrogens is 320 g/mol. The van der Waals surface area contributed by atoms with Gasteiger partial charge >= 0.3 is 0 Å². The Kier molecular flexibility index (Phi) is 4.61. The molecule has 1 aliphatic rings. The SMILES string of the molecule is O=C(c1ccc(Cl)cn1)N1CCCn2nc([C@H](O)CO)cc2C1. The molecule has 1 aliphatic heterocycles. The first kappa shape index (κ1) is 15.9. The number of aromatic nitrogens is 3. The molecule has 0 fully saturated rings. The van der Waals surface area contributed by atoms with E-state index in [0.29, 0.717) is 36.0 Å². The molecule has 23 heavy (non-hydrogen) atoms. The number of hydrogen-bond donors (Lipinski definition) is 2. The van der Waals surface area contributed by atoms with Crippen LogP contribution in [0.5, 0.6) is 0 Å². The molecule has 2 aromatic rings. The number of carbonyl (C=O) groups is 1. The number of pyridine rings is 1. The molecule has 8 heteroatoms. The molecule has 0 saturated heterocycles. The lowest BCUT2D eigenvalue weighted by Crippen LogP contribution is -2.31. The normalized spacial score (nSPS) is 15.9. The van der Waals surface area contributed by atoms with Crippen molar-refractivity contribution in [3.63, 3.8) is 0 Å². The van der Waals surface area contributed by atoms with Gasteiger partial charge in [-0.25, -0.2) is 4.98 Å². The molecule has 0 saturated carbocycles. The molecule has 7 nitrogen and oxygen atoms in total. The topological polar surface area (TPSA) is 91.5 Å². The molecule has 1 amide bonds. The van der Waals surface area contributed by atoms with E-state index >= 15 is 0 Å². The van der Waals surface area contributed by atoms with Crippen LogP contribution in [0.15, 0.2) is 24.4 Å². The number of aliphatic hydroxyl groups is 2. The number of rotatable bonds is 3. The second-order valence-electron chi connectivity index (χ2n) is 5.42. The van der Waals surface area contributed by atoms with Crippen LogP contribution in [0.4, 0.5) is 0 Å². The van der Waals surface area contributed by atoms with Crippen LogP contribution in [0.25, 0.3) is 0 Å². The molecule has 2 N–H and O–H groups in total. The summed E-state index contributed by atoms with van der Waals surface area (Å²) >= 11 is 5.80. The van der Waals surface area contributed by atoms with Gasteiger partial charge in [-0.2, -0.15) is 5.10 Å². The summed E-state index contributed by atoms with van der Waals surface area (Å²) in [7, 11) is 0. The van der Waals surface area contributed by atoms with Gasteiger partial charge in [0.15, 0.2) is 0 Å². The second-order valence-corrected chi connectivity index (χ2v) is 5.86. The van der Waals surface area contributed by atoms with Crippen molar-refractivity contribution in [2.24, 2.45) is 0 Å². The highest BCUT2D eigenvalue weighted by atomic mass is 35.5. The Morgan fingerprint density at radius 3 is 2.91 bits per heavy atom. The predicted molar refractivity (Wildman–Crippen MR) is 82.9 cm³/mol. The van der Waals surface area contributed by atoms with Gasteiger partial charge in [-0.15, -0.1) is 0 Å². The maximum atomic E-state index is 12.6. The number of halogens is 1. The number of aliphatic hydroxyl groups excluding tert-OH is 2. The van der Waals surface area contributed by atoms with Crippen molar-refractivity contribution in [2.75, 3.05) is 13.2 Å². The highest BCUT2D eigenvalue weighted by Gasteiger charge is 2.23. The van der Waals surface area contributed by atoms with Crippen LogP contribution < -0.4 is 0 Å². The fourth-order valence-corrected chi connectivity index (χ4v) is 2.69. The van der Waals surface area contributed by atoms with Crippen LogP contribution in [0, 0.1) is 0 Å². The van der Waals surface area contributed by atoms with Crippen molar-refractivity contribution < 1.29 is 15.0 Å². The molecule has 0 spiro atoms. The lowest BCUT2D eigenvalue weighted by atomic mass is 10.2. The Balaban J connectivity index is 1.81. The Morgan fingerprint density at radius 1 is 1.39 bits per heavy atom. The second kappa shape index (κ2) is 6.66. The average molecular weight is 337 g/mol. The molecule has 2 aromatic heterocycles. The summed E-state index contributed by atoms with van der Waals surface area (Å²) in [6.45, 7) is 1.26. The van der Waals surface area contributed by atoms with E-state index in [9.17, 15) is 9.90 Å². The van der Waals surface area contributed by atoms with Crippen LogP contribution in [-0.2, 0) is 13.1 Å². The summed E-state index contributed by atoms with van der Waals surface area (Å²) in [5.41, 5.74) is 1.59. The lowest BCUT2D eigenvalue weighted by Gasteiger charge is -2.19. The van der Waals surface area contributed by atoms with Crippen molar-refractivity contribution >= 4 is 17.5 Å². The number of fused-ring (bicyclic) bond motifs is 1. The van der Waals surface area contributed by atoms with Crippen LogP contribution in [0.2, 0.25) is 5.02 Å². The molecule has 122 valence electrons. The molecule has 0 aliphatic carbocycles. The third kappa shape index (κ3) is 3.36. The Labute approximate surface area is 138 Å². The standard InChI is InChI=1S/C15H17ClN4O3/c16-10-2-3-12(17-7-10)15(23)19-4-1-5-20-11(8-19)6-13(18-20)14(22)9-21/h2-3,6-7,14,21-22H,1,4-5,8-9H2/t14-/m1/s1. The van der Waals surface area contributed by atoms with Gasteiger partial charge in [0, 0.05) is 19.3 Å². The van der Waals surface area contributed by atoms with Gasteiger partial charge in [0.1, 0.15) is 11.8 Å². The largest absolute Gasteiger partial charge is 0.393 e. The van der Waals surface area contributed by atoms with Gasteiger partial charge < -0.3 is 15.1 Å². The fourth-order valence-electron chi connectivity index (χ4n) is 2.58. The monoisotopic (exact) mass is 336 g/mol. The molecule has 3 rings (SSSR count). The Hall–Kier alpha value is -1.96. The van der Waals surface area contributed by atoms with E-state index in [0.717, 1.165) is 12.1 Å². The molecule has 3 heterocycles. The molecule has 0 radical (unpaired) electrons. The number of hydrogen-bond acceptors (Lipinski definition) is 5. The Morgan fingerprint density at radius 2 is 2.22 bits per heavy atom. The van der Waals surface area contributed by atoms with Crippen LogP contribution in [-0.4, -0.2) is 48.9 Å². The summed E-state index contributed by atoms with van der Waals surface area (Å²) in [6.07, 6.45) is 1.20. The smallest absolute Gasteiger partial charge is 0.272 e. The molecule has 0 aromatic carbocycles. The minimum absolute atomic E-state index is 0.166. The quantitative estimate of drug-likeness (QED) is 0.872. The van der Waals surface area contributed by atoms with Gasteiger partial charge in [-0.3, -0.25) is 9.48 Å². The fraction of sp³-hybridized carbons (Fsp3) is 0.400. The highest BCUT2D eigenvalue weighted by Crippen LogP contribution is 2.19. The number of carbonyl (C=O) groups excluding carboxylic acids is 1. The van der Waals surface area contributed by atoms with Crippen LogP contribution in [0.3, 0.4) is 0 Å². The third-order valence-electron chi connectivity index (χ3n) is 3.78. The van der Waals surface area contributed by atoms with Gasteiger partial charge in [-0.1, -0.05) is 11.6 Å². The number of aryl methyl sites for hydroxylation is 1. The number of amides is 1. The molecule has 1 atom stereocenters. The van der Waals surface area contributed by atoms with Gasteiger partial charge in [0.2, 0.25) is 0 Å². The summed E-state index contributed by atoms with van der Waals surface area (Å²) in [4.78, 5) is 18.3. The minimum atomic E-state index is -1.00. The van der Waals surface area contributed by atoms with E-state index in [4.69, 9.17) is 16.7 Å². The van der Waals surface area contributed by atoms with Crippen molar-refractivity contribution in [1.82, 2.24) is 19.7 Å². The first-order valence-electron chi connectivity index (χ1n) is 7.35. The van der Waals surface area contributed by atoms with Crippen molar-refractivity contribution in [3.05, 3.63) is 46.5 Å². The lowest BCUT2D eigenvalue weighted by molar-refractivity contribution is 0.0739. The summed E-state index contributed by atoms with van der Waals surface area (Å²) < 4.78 is 1.77. The molecule has 0 bridgehead atoms. The van der Waals surface area contributed by atoms with Gasteiger partial charge in [0.25, 0.3) is 5.91 Å². The summed E-state index contributed by atoms with van der Waals surface area (Å²) in [6, 6.07) is 4.97. The first-order chi connectivity index (χ1) is 11.1. The zero-order chi connectivity index (χ0) is 16.4. The summed E-state index contributed by atoms with van der Waals surface area (Å²) in [5, 5.41) is 23.5. The highest BCUT2D eigenvalue weighted by molar-refractivity contribution is 6.30.